The van der Waals surface area contributed by atoms with Gasteiger partial charge in [-0.2, -0.15) is 0 Å². The van der Waals surface area contributed by atoms with Crippen molar-refractivity contribution in [2.75, 3.05) is 13.2 Å². The lowest BCUT2D eigenvalue weighted by molar-refractivity contribution is -0.0846. The first kappa shape index (κ1) is 15.8. The number of aryl methyl sites for hydroxylation is 1. The largest absolute Gasteiger partial charge is 0.369 e. The van der Waals surface area contributed by atoms with Crippen molar-refractivity contribution in [2.24, 2.45) is 0 Å². The summed E-state index contributed by atoms with van der Waals surface area (Å²) in [6.07, 6.45) is -0.0707. The zero-order chi connectivity index (χ0) is 16.4. The molecule has 2 aromatic carbocycles. The highest BCUT2D eigenvalue weighted by atomic mass is 16.5. The number of hydrogen-bond acceptors (Lipinski definition) is 2. The maximum absolute atomic E-state index is 13.0. The lowest BCUT2D eigenvalue weighted by Gasteiger charge is -2.45. The number of carbonyl (C=O) groups is 1. The van der Waals surface area contributed by atoms with E-state index in [1.165, 1.54) is 0 Å². The normalized spacial score (nSPS) is 20.3. The summed E-state index contributed by atoms with van der Waals surface area (Å²) in [6.45, 7) is 7.24. The average molecular weight is 309 g/mol. The van der Waals surface area contributed by atoms with Crippen LogP contribution in [0.4, 0.5) is 0 Å². The second-order valence-electron chi connectivity index (χ2n) is 6.80. The molecule has 2 aromatic rings. The fourth-order valence-electron chi connectivity index (χ4n) is 2.93. The van der Waals surface area contributed by atoms with E-state index >= 15 is 0 Å². The molecule has 1 saturated heterocycles. The molecular formula is C20H23NO2. The molecule has 3 nitrogen and oxygen atoms in total. The molecule has 0 saturated carbocycles. The van der Waals surface area contributed by atoms with Crippen LogP contribution in [-0.2, 0) is 4.74 Å². The summed E-state index contributed by atoms with van der Waals surface area (Å²) >= 11 is 0. The van der Waals surface area contributed by atoms with Crippen molar-refractivity contribution in [3.05, 3.63) is 71.3 Å². The van der Waals surface area contributed by atoms with Gasteiger partial charge in [-0.3, -0.25) is 4.79 Å². The molecule has 0 aromatic heterocycles. The molecule has 3 rings (SSSR count). The molecule has 0 aliphatic carbocycles. The fourth-order valence-corrected chi connectivity index (χ4v) is 2.93. The predicted octanol–water partition coefficient (Wildman–Crippen LogP) is 3.99. The Balaban J connectivity index is 1.85. The number of ether oxygens (including phenoxy) is 1. The van der Waals surface area contributed by atoms with Gasteiger partial charge in [0.2, 0.25) is 0 Å². The van der Waals surface area contributed by atoms with Crippen LogP contribution in [0.3, 0.4) is 0 Å². The third-order valence-electron chi connectivity index (χ3n) is 4.43. The average Bonchev–Trinajstić information content (AvgIpc) is 2.55. The van der Waals surface area contributed by atoms with Crippen molar-refractivity contribution < 1.29 is 9.53 Å². The van der Waals surface area contributed by atoms with E-state index in [9.17, 15) is 4.79 Å². The van der Waals surface area contributed by atoms with Crippen LogP contribution in [0.1, 0.15) is 41.4 Å². The van der Waals surface area contributed by atoms with Gasteiger partial charge in [-0.25, -0.2) is 0 Å². The summed E-state index contributed by atoms with van der Waals surface area (Å²) < 4.78 is 6.02. The van der Waals surface area contributed by atoms with Gasteiger partial charge in [-0.1, -0.05) is 48.0 Å². The Labute approximate surface area is 137 Å². The lowest BCUT2D eigenvalue weighted by atomic mass is 9.96. The van der Waals surface area contributed by atoms with Crippen molar-refractivity contribution in [2.45, 2.75) is 32.4 Å². The molecule has 1 heterocycles. The molecule has 120 valence electrons. The van der Waals surface area contributed by atoms with Crippen molar-refractivity contribution in [1.82, 2.24) is 4.90 Å². The predicted molar refractivity (Wildman–Crippen MR) is 91.4 cm³/mol. The molecule has 1 fully saturated rings. The highest BCUT2D eigenvalue weighted by Gasteiger charge is 2.38. The van der Waals surface area contributed by atoms with Gasteiger partial charge in [0, 0.05) is 5.56 Å². The van der Waals surface area contributed by atoms with Crippen LogP contribution in [-0.4, -0.2) is 29.5 Å². The third kappa shape index (κ3) is 3.30. The topological polar surface area (TPSA) is 29.5 Å². The number of rotatable bonds is 2. The smallest absolute Gasteiger partial charge is 0.254 e. The summed E-state index contributed by atoms with van der Waals surface area (Å²) in [5.41, 5.74) is 2.69. The Morgan fingerprint density at radius 3 is 2.39 bits per heavy atom. The van der Waals surface area contributed by atoms with Crippen LogP contribution >= 0.6 is 0 Å². The molecule has 1 amide bonds. The molecule has 0 radical (unpaired) electrons. The number of morpholine rings is 1. The highest BCUT2D eigenvalue weighted by Crippen LogP contribution is 2.31. The molecule has 0 N–H and O–H groups in total. The molecular weight excluding hydrogens is 286 g/mol. The zero-order valence-corrected chi connectivity index (χ0v) is 14.0. The first-order valence-corrected chi connectivity index (χ1v) is 8.02. The van der Waals surface area contributed by atoms with Crippen LogP contribution in [0.25, 0.3) is 0 Å². The van der Waals surface area contributed by atoms with Crippen LogP contribution in [0.15, 0.2) is 54.6 Å². The van der Waals surface area contributed by atoms with Gasteiger partial charge in [0.05, 0.1) is 18.7 Å². The maximum atomic E-state index is 13.0. The van der Waals surface area contributed by atoms with Crippen LogP contribution in [0.2, 0.25) is 0 Å². The SMILES string of the molecule is Cc1ccc(C(=O)N2CC(c3ccccc3)OCC2(C)C)cc1. The number of carbonyl (C=O) groups excluding carboxylic acids is 1. The second kappa shape index (κ2) is 6.17. The Morgan fingerprint density at radius 2 is 1.74 bits per heavy atom. The van der Waals surface area contributed by atoms with E-state index < -0.39 is 0 Å². The lowest BCUT2D eigenvalue weighted by Crippen LogP contribution is -2.56. The number of nitrogens with zero attached hydrogens (tertiary/aromatic N) is 1. The monoisotopic (exact) mass is 309 g/mol. The minimum Gasteiger partial charge on any atom is -0.369 e. The molecule has 1 aliphatic rings. The minimum atomic E-state index is -0.312. The van der Waals surface area contributed by atoms with E-state index in [-0.39, 0.29) is 17.6 Å². The highest BCUT2D eigenvalue weighted by molar-refractivity contribution is 5.94. The molecule has 1 atom stereocenters. The summed E-state index contributed by atoms with van der Waals surface area (Å²) in [7, 11) is 0. The quantitative estimate of drug-likeness (QED) is 0.839. The first-order chi connectivity index (χ1) is 11.0. The van der Waals surface area contributed by atoms with Crippen molar-refractivity contribution in [1.29, 1.82) is 0 Å². The zero-order valence-electron chi connectivity index (χ0n) is 14.0. The number of benzene rings is 2. The summed E-state index contributed by atoms with van der Waals surface area (Å²) in [5, 5.41) is 0. The Kier molecular flexibility index (Phi) is 4.22. The third-order valence-corrected chi connectivity index (χ3v) is 4.43. The minimum absolute atomic E-state index is 0.0687. The molecule has 3 heteroatoms. The number of amides is 1. The molecule has 1 unspecified atom stereocenters. The van der Waals surface area contributed by atoms with Crippen LogP contribution < -0.4 is 0 Å². The summed E-state index contributed by atoms with van der Waals surface area (Å²) in [4.78, 5) is 14.9. The van der Waals surface area contributed by atoms with E-state index in [2.05, 4.69) is 26.0 Å². The van der Waals surface area contributed by atoms with E-state index in [4.69, 9.17) is 4.74 Å². The van der Waals surface area contributed by atoms with Crippen molar-refractivity contribution in [3.8, 4) is 0 Å². The van der Waals surface area contributed by atoms with E-state index in [0.717, 1.165) is 16.7 Å². The van der Waals surface area contributed by atoms with Gasteiger partial charge in [-0.15, -0.1) is 0 Å². The Morgan fingerprint density at radius 1 is 1.09 bits per heavy atom. The van der Waals surface area contributed by atoms with Gasteiger partial charge < -0.3 is 9.64 Å². The second-order valence-corrected chi connectivity index (χ2v) is 6.80. The van der Waals surface area contributed by atoms with Crippen molar-refractivity contribution >= 4 is 5.91 Å². The maximum Gasteiger partial charge on any atom is 0.254 e. The summed E-state index contributed by atoms with van der Waals surface area (Å²) in [6, 6.07) is 17.9. The van der Waals surface area contributed by atoms with E-state index in [1.807, 2.05) is 54.3 Å². The Hall–Kier alpha value is -2.13. The number of hydrogen-bond donors (Lipinski definition) is 0. The van der Waals surface area contributed by atoms with Gasteiger partial charge >= 0.3 is 0 Å². The van der Waals surface area contributed by atoms with E-state index in [0.29, 0.717) is 13.2 Å². The molecule has 23 heavy (non-hydrogen) atoms. The van der Waals surface area contributed by atoms with Gasteiger partial charge in [0.25, 0.3) is 5.91 Å². The van der Waals surface area contributed by atoms with Gasteiger partial charge in [0.15, 0.2) is 0 Å². The molecule has 1 aliphatic heterocycles. The van der Waals surface area contributed by atoms with Crippen LogP contribution in [0, 0.1) is 6.92 Å². The first-order valence-electron chi connectivity index (χ1n) is 8.02. The molecule has 0 spiro atoms. The standard InChI is InChI=1S/C20H23NO2/c1-15-9-11-17(12-10-15)19(22)21-13-18(23-14-20(21,2)3)16-7-5-4-6-8-16/h4-12,18H,13-14H2,1-3H3. The van der Waals surface area contributed by atoms with Crippen molar-refractivity contribution in [3.63, 3.8) is 0 Å². The fraction of sp³-hybridized carbons (Fsp3) is 0.350. The van der Waals surface area contributed by atoms with Gasteiger partial charge in [-0.05, 0) is 38.5 Å². The Bertz CT molecular complexity index is 677. The summed E-state index contributed by atoms with van der Waals surface area (Å²) in [5.74, 6) is 0.0687. The molecule has 0 bridgehead atoms. The van der Waals surface area contributed by atoms with Gasteiger partial charge in [0.1, 0.15) is 6.10 Å². The van der Waals surface area contributed by atoms with E-state index in [1.54, 1.807) is 0 Å². The van der Waals surface area contributed by atoms with Crippen LogP contribution in [0.5, 0.6) is 0 Å².